The average molecular weight is 298 g/mol. The van der Waals surface area contributed by atoms with E-state index >= 15 is 0 Å². The molecule has 0 saturated heterocycles. The second-order valence-electron chi connectivity index (χ2n) is 5.16. The van der Waals surface area contributed by atoms with Crippen molar-refractivity contribution < 1.29 is 4.74 Å². The zero-order valence-corrected chi connectivity index (χ0v) is 13.0. The van der Waals surface area contributed by atoms with Gasteiger partial charge in [0.05, 0.1) is 12.8 Å². The van der Waals surface area contributed by atoms with Crippen LogP contribution < -0.4 is 15.0 Å². The van der Waals surface area contributed by atoms with Crippen LogP contribution in [0.25, 0.3) is 0 Å². The molecule has 0 amide bonds. The highest BCUT2D eigenvalue weighted by Crippen LogP contribution is 2.30. The van der Waals surface area contributed by atoms with Gasteiger partial charge in [0, 0.05) is 12.2 Å². The van der Waals surface area contributed by atoms with E-state index in [1.54, 1.807) is 7.11 Å². The molecule has 21 heavy (non-hydrogen) atoms. The third-order valence-corrected chi connectivity index (χ3v) is 4.05. The van der Waals surface area contributed by atoms with E-state index < -0.39 is 0 Å². The molecule has 2 aromatic rings. The van der Waals surface area contributed by atoms with Gasteiger partial charge in [-0.1, -0.05) is 24.3 Å². The highest BCUT2D eigenvalue weighted by Gasteiger charge is 2.22. The molecule has 0 aromatic heterocycles. The van der Waals surface area contributed by atoms with Gasteiger partial charge < -0.3 is 15.0 Å². The molecule has 0 unspecified atom stereocenters. The topological polar surface area (TPSA) is 24.5 Å². The lowest BCUT2D eigenvalue weighted by Gasteiger charge is -2.22. The number of rotatable bonds is 2. The van der Waals surface area contributed by atoms with Gasteiger partial charge in [-0.15, -0.1) is 0 Å². The fourth-order valence-electron chi connectivity index (χ4n) is 2.65. The number of hydrogen-bond donors (Lipinski definition) is 1. The number of methoxy groups -OCH3 is 1. The number of fused-ring (bicyclic) bond motifs is 1. The molecule has 0 bridgehead atoms. The van der Waals surface area contributed by atoms with Crippen molar-refractivity contribution in [1.82, 2.24) is 0 Å². The van der Waals surface area contributed by atoms with Crippen molar-refractivity contribution in [2.45, 2.75) is 13.3 Å². The molecule has 2 aromatic carbocycles. The van der Waals surface area contributed by atoms with E-state index in [0.29, 0.717) is 5.11 Å². The Morgan fingerprint density at radius 2 is 2.05 bits per heavy atom. The minimum absolute atomic E-state index is 0.712. The van der Waals surface area contributed by atoms with Crippen molar-refractivity contribution in [3.8, 4) is 5.75 Å². The summed E-state index contributed by atoms with van der Waals surface area (Å²) in [5, 5.41) is 4.03. The molecule has 0 aliphatic carbocycles. The van der Waals surface area contributed by atoms with Gasteiger partial charge >= 0.3 is 0 Å². The zero-order valence-electron chi connectivity index (χ0n) is 12.2. The summed E-state index contributed by atoms with van der Waals surface area (Å²) >= 11 is 5.58. The van der Waals surface area contributed by atoms with Crippen LogP contribution in [-0.4, -0.2) is 18.8 Å². The molecule has 0 fully saturated rings. The number of para-hydroxylation sites is 1. The summed E-state index contributed by atoms with van der Waals surface area (Å²) in [5.74, 6) is 0.801. The molecule has 0 spiro atoms. The second kappa shape index (κ2) is 5.74. The number of benzene rings is 2. The monoisotopic (exact) mass is 298 g/mol. The number of nitrogens with zero attached hydrogens (tertiary/aromatic N) is 1. The number of nitrogens with one attached hydrogen (secondary N) is 1. The Morgan fingerprint density at radius 1 is 1.24 bits per heavy atom. The minimum atomic E-state index is 0.712. The first kappa shape index (κ1) is 13.9. The van der Waals surface area contributed by atoms with Crippen LogP contribution in [0.3, 0.4) is 0 Å². The van der Waals surface area contributed by atoms with Gasteiger partial charge in [0.2, 0.25) is 0 Å². The van der Waals surface area contributed by atoms with E-state index in [-0.39, 0.29) is 0 Å². The Bertz CT molecular complexity index is 684. The highest BCUT2D eigenvalue weighted by atomic mass is 32.1. The van der Waals surface area contributed by atoms with Gasteiger partial charge in [-0.3, -0.25) is 0 Å². The van der Waals surface area contributed by atoms with Crippen LogP contribution in [0.4, 0.5) is 11.4 Å². The largest absolute Gasteiger partial charge is 0.495 e. The molecule has 4 heteroatoms. The zero-order chi connectivity index (χ0) is 14.8. The summed E-state index contributed by atoms with van der Waals surface area (Å²) in [6.07, 6.45) is 1.03. The van der Waals surface area contributed by atoms with E-state index in [1.807, 2.05) is 24.3 Å². The van der Waals surface area contributed by atoms with E-state index in [9.17, 15) is 0 Å². The summed E-state index contributed by atoms with van der Waals surface area (Å²) in [6, 6.07) is 14.4. The lowest BCUT2D eigenvalue weighted by Crippen LogP contribution is -2.33. The van der Waals surface area contributed by atoms with Gasteiger partial charge in [-0.2, -0.15) is 0 Å². The summed E-state index contributed by atoms with van der Waals surface area (Å²) < 4.78 is 5.39. The molecule has 1 aliphatic rings. The standard InChI is InChI=1S/C17H18N2OS/c1-12-7-8-16(20-2)14(11-12)18-17(21)19-10-9-13-5-3-4-6-15(13)19/h3-8,11H,9-10H2,1-2H3,(H,18,21). The number of anilines is 2. The molecule has 0 radical (unpaired) electrons. The SMILES string of the molecule is COc1ccc(C)cc1NC(=S)N1CCc2ccccc21. The first-order valence-corrected chi connectivity index (χ1v) is 7.41. The molecule has 1 heterocycles. The van der Waals surface area contributed by atoms with Crippen LogP contribution in [0.2, 0.25) is 0 Å². The Hall–Kier alpha value is -2.07. The maximum Gasteiger partial charge on any atom is 0.178 e. The van der Waals surface area contributed by atoms with Gasteiger partial charge in [0.1, 0.15) is 5.75 Å². The number of aryl methyl sites for hydroxylation is 1. The third-order valence-electron chi connectivity index (χ3n) is 3.73. The van der Waals surface area contributed by atoms with Gasteiger partial charge in [-0.25, -0.2) is 0 Å². The lowest BCUT2D eigenvalue weighted by molar-refractivity contribution is 0.417. The molecular weight excluding hydrogens is 280 g/mol. The summed E-state index contributed by atoms with van der Waals surface area (Å²) in [5.41, 5.74) is 4.62. The lowest BCUT2D eigenvalue weighted by atomic mass is 10.2. The van der Waals surface area contributed by atoms with Gasteiger partial charge in [-0.05, 0) is 54.9 Å². The second-order valence-corrected chi connectivity index (χ2v) is 5.55. The minimum Gasteiger partial charge on any atom is -0.495 e. The number of thiocarbonyl (C=S) groups is 1. The molecule has 3 nitrogen and oxygen atoms in total. The quantitative estimate of drug-likeness (QED) is 0.853. The van der Waals surface area contributed by atoms with Crippen LogP contribution in [0, 0.1) is 6.92 Å². The molecule has 108 valence electrons. The fraction of sp³-hybridized carbons (Fsp3) is 0.235. The third kappa shape index (κ3) is 2.72. The Kier molecular flexibility index (Phi) is 3.80. The Labute approximate surface area is 130 Å². The van der Waals surface area contributed by atoms with Crippen LogP contribution in [0.1, 0.15) is 11.1 Å². The van der Waals surface area contributed by atoms with Crippen LogP contribution >= 0.6 is 12.2 Å². The molecule has 1 N–H and O–H groups in total. The normalized spacial score (nSPS) is 13.0. The summed E-state index contributed by atoms with van der Waals surface area (Å²) in [7, 11) is 1.67. The summed E-state index contributed by atoms with van der Waals surface area (Å²) in [6.45, 7) is 2.97. The van der Waals surface area contributed by atoms with Crippen molar-refractivity contribution in [1.29, 1.82) is 0 Å². The highest BCUT2D eigenvalue weighted by molar-refractivity contribution is 7.80. The molecular formula is C17H18N2OS. The van der Waals surface area contributed by atoms with E-state index in [1.165, 1.54) is 16.8 Å². The first-order chi connectivity index (χ1) is 10.2. The van der Waals surface area contributed by atoms with Crippen molar-refractivity contribution in [3.63, 3.8) is 0 Å². The van der Waals surface area contributed by atoms with Crippen LogP contribution in [0.5, 0.6) is 5.75 Å². The van der Waals surface area contributed by atoms with Crippen molar-refractivity contribution >= 4 is 28.7 Å². The molecule has 1 aliphatic heterocycles. The molecule has 0 atom stereocenters. The number of hydrogen-bond acceptors (Lipinski definition) is 2. The predicted molar refractivity (Wildman–Crippen MR) is 91.4 cm³/mol. The average Bonchev–Trinajstić information content (AvgIpc) is 2.91. The molecule has 3 rings (SSSR count). The van der Waals surface area contributed by atoms with Gasteiger partial charge in [0.15, 0.2) is 5.11 Å². The predicted octanol–water partition coefficient (Wildman–Crippen LogP) is 3.76. The maximum absolute atomic E-state index is 5.58. The smallest absolute Gasteiger partial charge is 0.178 e. The van der Waals surface area contributed by atoms with Gasteiger partial charge in [0.25, 0.3) is 0 Å². The summed E-state index contributed by atoms with van der Waals surface area (Å²) in [4.78, 5) is 2.15. The van der Waals surface area contributed by atoms with Crippen molar-refractivity contribution in [2.24, 2.45) is 0 Å². The Balaban J connectivity index is 1.83. The molecule has 0 saturated carbocycles. The van der Waals surface area contributed by atoms with Crippen LogP contribution in [-0.2, 0) is 6.42 Å². The maximum atomic E-state index is 5.58. The van der Waals surface area contributed by atoms with Crippen molar-refractivity contribution in [3.05, 3.63) is 53.6 Å². The first-order valence-electron chi connectivity index (χ1n) is 7.00. The van der Waals surface area contributed by atoms with E-state index in [0.717, 1.165) is 24.4 Å². The Morgan fingerprint density at radius 3 is 2.86 bits per heavy atom. The van der Waals surface area contributed by atoms with Crippen LogP contribution in [0.15, 0.2) is 42.5 Å². The number of ether oxygens (including phenoxy) is 1. The van der Waals surface area contributed by atoms with E-state index in [4.69, 9.17) is 17.0 Å². The fourth-order valence-corrected chi connectivity index (χ4v) is 2.95. The van der Waals surface area contributed by atoms with Crippen molar-refractivity contribution in [2.75, 3.05) is 23.9 Å². The van der Waals surface area contributed by atoms with E-state index in [2.05, 4.69) is 35.3 Å².